The van der Waals surface area contributed by atoms with Crippen molar-refractivity contribution in [1.29, 1.82) is 0 Å². The summed E-state index contributed by atoms with van der Waals surface area (Å²) >= 11 is 1.53. The van der Waals surface area contributed by atoms with Crippen LogP contribution < -0.4 is 15.0 Å². The van der Waals surface area contributed by atoms with Crippen LogP contribution in [-0.2, 0) is 0 Å². The molecule has 1 amide bonds. The molecule has 0 unspecified atom stereocenters. The van der Waals surface area contributed by atoms with Gasteiger partial charge in [-0.1, -0.05) is 18.2 Å². The Morgan fingerprint density at radius 3 is 2.56 bits per heavy atom. The van der Waals surface area contributed by atoms with Gasteiger partial charge >= 0.3 is 0 Å². The van der Waals surface area contributed by atoms with Gasteiger partial charge in [-0.15, -0.1) is 11.3 Å². The predicted molar refractivity (Wildman–Crippen MR) is 140 cm³/mol. The fraction of sp³-hybridized carbons (Fsp3) is 0.296. The lowest BCUT2D eigenvalue weighted by Gasteiger charge is -2.36. The smallest absolute Gasteiger partial charge is 0.261 e. The number of aromatic nitrogens is 1. The zero-order valence-electron chi connectivity index (χ0n) is 19.4. The SMILES string of the molecule is COc1ccc(N2CCN(CCCNC(=O)c3ccc(-n4ccc5ccccc54)s3)CC2)cc1. The van der Waals surface area contributed by atoms with Crippen molar-refractivity contribution in [1.82, 2.24) is 14.8 Å². The molecule has 1 saturated heterocycles. The summed E-state index contributed by atoms with van der Waals surface area (Å²) in [6.45, 7) is 5.81. The number of methoxy groups -OCH3 is 1. The molecule has 1 N–H and O–H groups in total. The highest BCUT2D eigenvalue weighted by molar-refractivity contribution is 7.16. The molecule has 2 aromatic heterocycles. The number of anilines is 1. The van der Waals surface area contributed by atoms with E-state index >= 15 is 0 Å². The fourth-order valence-corrected chi connectivity index (χ4v) is 5.39. The highest BCUT2D eigenvalue weighted by atomic mass is 32.1. The third kappa shape index (κ3) is 4.95. The molecule has 7 heteroatoms. The van der Waals surface area contributed by atoms with Crippen LogP contribution in [0, 0.1) is 0 Å². The maximum absolute atomic E-state index is 12.6. The summed E-state index contributed by atoms with van der Waals surface area (Å²) < 4.78 is 7.39. The fourth-order valence-electron chi connectivity index (χ4n) is 4.47. The van der Waals surface area contributed by atoms with Gasteiger partial charge in [-0.25, -0.2) is 0 Å². The number of nitrogens with zero attached hydrogens (tertiary/aromatic N) is 3. The van der Waals surface area contributed by atoms with Crippen LogP contribution in [0.3, 0.4) is 0 Å². The summed E-state index contributed by atoms with van der Waals surface area (Å²) in [6, 6.07) is 22.6. The molecular formula is C27H30N4O2S. The number of carbonyl (C=O) groups excluding carboxylic acids is 1. The summed E-state index contributed by atoms with van der Waals surface area (Å²) in [5, 5.41) is 5.35. The summed E-state index contributed by atoms with van der Waals surface area (Å²) in [7, 11) is 1.69. The lowest BCUT2D eigenvalue weighted by molar-refractivity contribution is 0.0955. The molecule has 4 aromatic rings. The Bertz CT molecular complexity index is 1240. The molecule has 1 aliphatic rings. The normalized spacial score (nSPS) is 14.4. The minimum absolute atomic E-state index is 0.0111. The number of hydrogen-bond acceptors (Lipinski definition) is 5. The standard InChI is InChI=1S/C27H30N4O2S/c1-33-23-9-7-22(8-10-23)30-19-17-29(18-20-30)15-4-14-28-27(32)25-11-12-26(34-25)31-16-13-21-5-2-3-6-24(21)31/h2-3,5-13,16H,4,14-15,17-20H2,1H3,(H,28,32). The van der Waals surface area contributed by atoms with Gasteiger partial charge in [-0.2, -0.15) is 0 Å². The second-order valence-electron chi connectivity index (χ2n) is 8.52. The molecule has 0 atom stereocenters. The average molecular weight is 475 g/mol. The molecule has 2 aromatic carbocycles. The largest absolute Gasteiger partial charge is 0.497 e. The molecule has 0 bridgehead atoms. The minimum atomic E-state index is 0.0111. The van der Waals surface area contributed by atoms with Crippen LogP contribution in [0.15, 0.2) is 72.9 Å². The molecule has 3 heterocycles. The third-order valence-electron chi connectivity index (χ3n) is 6.40. The van der Waals surface area contributed by atoms with E-state index in [0.717, 1.165) is 60.3 Å². The number of rotatable bonds is 8. The van der Waals surface area contributed by atoms with Crippen molar-refractivity contribution in [2.24, 2.45) is 0 Å². The van der Waals surface area contributed by atoms with Crippen molar-refractivity contribution in [3.63, 3.8) is 0 Å². The number of benzene rings is 2. The van der Waals surface area contributed by atoms with Crippen molar-refractivity contribution >= 4 is 33.8 Å². The van der Waals surface area contributed by atoms with E-state index in [2.05, 4.69) is 56.2 Å². The van der Waals surface area contributed by atoms with Gasteiger partial charge in [0.2, 0.25) is 0 Å². The van der Waals surface area contributed by atoms with E-state index < -0.39 is 0 Å². The zero-order chi connectivity index (χ0) is 23.3. The summed E-state index contributed by atoms with van der Waals surface area (Å²) in [4.78, 5) is 18.3. The number of fused-ring (bicyclic) bond motifs is 1. The molecule has 1 aliphatic heterocycles. The molecule has 1 fully saturated rings. The van der Waals surface area contributed by atoms with Crippen LogP contribution in [0.1, 0.15) is 16.1 Å². The first-order chi connectivity index (χ1) is 16.7. The van der Waals surface area contributed by atoms with E-state index in [1.165, 1.54) is 22.4 Å². The van der Waals surface area contributed by atoms with E-state index in [9.17, 15) is 4.79 Å². The van der Waals surface area contributed by atoms with Crippen molar-refractivity contribution in [3.8, 4) is 10.8 Å². The van der Waals surface area contributed by atoms with E-state index in [1.54, 1.807) is 7.11 Å². The van der Waals surface area contributed by atoms with Gasteiger partial charge in [0, 0.05) is 44.6 Å². The molecule has 0 spiro atoms. The number of ether oxygens (including phenoxy) is 1. The Balaban J connectivity index is 1.06. The van der Waals surface area contributed by atoms with Crippen molar-refractivity contribution in [2.45, 2.75) is 6.42 Å². The first-order valence-corrected chi connectivity index (χ1v) is 12.6. The topological polar surface area (TPSA) is 49.7 Å². The Hall–Kier alpha value is -3.29. The number of nitrogens with one attached hydrogen (secondary N) is 1. The lowest BCUT2D eigenvalue weighted by atomic mass is 10.2. The summed E-state index contributed by atoms with van der Waals surface area (Å²) in [5.74, 6) is 0.901. The van der Waals surface area contributed by atoms with E-state index in [-0.39, 0.29) is 5.91 Å². The Morgan fingerprint density at radius 1 is 0.971 bits per heavy atom. The molecular weight excluding hydrogens is 444 g/mol. The average Bonchev–Trinajstić information content (AvgIpc) is 3.54. The van der Waals surface area contributed by atoms with Gasteiger partial charge in [-0.05, 0) is 66.9 Å². The molecule has 176 valence electrons. The predicted octanol–water partition coefficient (Wildman–Crippen LogP) is 4.64. The Morgan fingerprint density at radius 2 is 1.76 bits per heavy atom. The molecule has 0 saturated carbocycles. The van der Waals surface area contributed by atoms with Gasteiger partial charge in [0.1, 0.15) is 10.8 Å². The first-order valence-electron chi connectivity index (χ1n) is 11.8. The zero-order valence-corrected chi connectivity index (χ0v) is 20.3. The van der Waals surface area contributed by atoms with Gasteiger partial charge in [0.25, 0.3) is 5.91 Å². The number of amides is 1. The van der Waals surface area contributed by atoms with Crippen molar-refractivity contribution in [2.75, 3.05) is 51.3 Å². The molecule has 34 heavy (non-hydrogen) atoms. The van der Waals surface area contributed by atoms with Crippen LogP contribution in [0.5, 0.6) is 5.75 Å². The van der Waals surface area contributed by atoms with Gasteiger partial charge in [0.05, 0.1) is 17.5 Å². The maximum atomic E-state index is 12.6. The molecule has 6 nitrogen and oxygen atoms in total. The number of para-hydroxylation sites is 1. The number of thiophene rings is 1. The second-order valence-corrected chi connectivity index (χ2v) is 9.58. The highest BCUT2D eigenvalue weighted by Crippen LogP contribution is 2.26. The maximum Gasteiger partial charge on any atom is 0.261 e. The first kappa shape index (κ1) is 22.5. The van der Waals surface area contributed by atoms with Crippen LogP contribution in [-0.4, -0.2) is 61.8 Å². The second kappa shape index (κ2) is 10.3. The monoisotopic (exact) mass is 474 g/mol. The van der Waals surface area contributed by atoms with Crippen LogP contribution in [0.4, 0.5) is 5.69 Å². The number of hydrogen-bond donors (Lipinski definition) is 1. The third-order valence-corrected chi connectivity index (χ3v) is 7.48. The van der Waals surface area contributed by atoms with Crippen LogP contribution in [0.25, 0.3) is 15.9 Å². The lowest BCUT2D eigenvalue weighted by Crippen LogP contribution is -2.47. The Kier molecular flexibility index (Phi) is 6.83. The number of piperazine rings is 1. The van der Waals surface area contributed by atoms with Gasteiger partial charge < -0.3 is 19.5 Å². The molecule has 5 rings (SSSR count). The minimum Gasteiger partial charge on any atom is -0.497 e. The highest BCUT2D eigenvalue weighted by Gasteiger charge is 2.17. The number of carbonyl (C=O) groups is 1. The summed E-state index contributed by atoms with van der Waals surface area (Å²) in [6.07, 6.45) is 3.02. The summed E-state index contributed by atoms with van der Waals surface area (Å²) in [5.41, 5.74) is 2.40. The molecule has 0 radical (unpaired) electrons. The van der Waals surface area contributed by atoms with Gasteiger partial charge in [0.15, 0.2) is 0 Å². The quantitative estimate of drug-likeness (QED) is 0.378. The van der Waals surface area contributed by atoms with Crippen molar-refractivity contribution < 1.29 is 9.53 Å². The van der Waals surface area contributed by atoms with Gasteiger partial charge in [-0.3, -0.25) is 9.69 Å². The van der Waals surface area contributed by atoms with E-state index in [0.29, 0.717) is 6.54 Å². The van der Waals surface area contributed by atoms with Crippen LogP contribution >= 0.6 is 11.3 Å². The van der Waals surface area contributed by atoms with E-state index in [1.807, 2.05) is 36.4 Å². The van der Waals surface area contributed by atoms with Crippen LogP contribution in [0.2, 0.25) is 0 Å². The molecule has 0 aliphatic carbocycles. The Labute approximate surface area is 204 Å². The van der Waals surface area contributed by atoms with E-state index in [4.69, 9.17) is 4.74 Å². The van der Waals surface area contributed by atoms with Crippen molar-refractivity contribution in [3.05, 3.63) is 77.8 Å².